The number of nitrogens with one attached hydrogen (secondary N) is 1. The van der Waals surface area contributed by atoms with Gasteiger partial charge >= 0.3 is 0 Å². The Kier molecular flexibility index (Phi) is 5.47. The lowest BCUT2D eigenvalue weighted by Crippen LogP contribution is -2.54. The Labute approximate surface area is 210 Å². The molecule has 1 N–H and O–H groups in total. The molecule has 1 aromatic carbocycles. The Balaban J connectivity index is 0.00000280. The van der Waals surface area contributed by atoms with Gasteiger partial charge in [0.25, 0.3) is 5.91 Å². The molecule has 1 saturated heterocycles. The Bertz CT molecular complexity index is 1370. The zero-order chi connectivity index (χ0) is 25.2. The van der Waals surface area contributed by atoms with Gasteiger partial charge in [-0.1, -0.05) is 0 Å². The quantitative estimate of drug-likeness (QED) is 0.629. The van der Waals surface area contributed by atoms with Gasteiger partial charge in [0, 0.05) is 39.0 Å². The molecular formula is C24H31FN6O4S. The molecule has 0 radical (unpaired) electrons. The molecule has 2 aromatic rings. The van der Waals surface area contributed by atoms with E-state index in [1.807, 2.05) is 11.1 Å². The van der Waals surface area contributed by atoms with Crippen molar-refractivity contribution in [3.8, 4) is 0 Å². The minimum atomic E-state index is -4.15. The highest BCUT2D eigenvalue weighted by molar-refractivity contribution is 7.89. The largest absolute Gasteiger partial charge is 0.381 e. The third-order valence-electron chi connectivity index (χ3n) is 7.57. The molecule has 3 aliphatic heterocycles. The van der Waals surface area contributed by atoms with Gasteiger partial charge in [-0.2, -0.15) is 5.10 Å². The highest BCUT2D eigenvalue weighted by atomic mass is 32.2. The standard InChI is InChI=1S/C24H29FN6O4S.H2/c1-24(5-6-24)28-36(33,34)21-9-17-19(10-18(21)25)31-20(16-3-7-35-8-4-16)12-26-23(31)30(22(17)32)14-15-11-27-29(2)13-15;/h9-11,13,16,20,28H,3-8,12,14H2,1-2H3;1H/t20-;/m0./s1. The van der Waals surface area contributed by atoms with Gasteiger partial charge in [0.2, 0.25) is 16.0 Å². The van der Waals surface area contributed by atoms with Crippen molar-refractivity contribution >= 4 is 27.6 Å². The lowest BCUT2D eigenvalue weighted by atomic mass is 9.90. The number of fused-ring (bicyclic) bond motifs is 3. The number of halogens is 1. The highest BCUT2D eigenvalue weighted by Gasteiger charge is 2.46. The maximum absolute atomic E-state index is 15.4. The molecular weight excluding hydrogens is 487 g/mol. The van der Waals surface area contributed by atoms with E-state index < -0.39 is 32.2 Å². The van der Waals surface area contributed by atoms with Gasteiger partial charge in [-0.3, -0.25) is 19.4 Å². The average molecular weight is 519 g/mol. The van der Waals surface area contributed by atoms with Gasteiger partial charge in [-0.15, -0.1) is 0 Å². The van der Waals surface area contributed by atoms with Crippen molar-refractivity contribution in [3.63, 3.8) is 0 Å². The maximum Gasteiger partial charge on any atom is 0.263 e. The molecule has 1 atom stereocenters. The van der Waals surface area contributed by atoms with Gasteiger partial charge in [0.1, 0.15) is 10.7 Å². The number of aromatic nitrogens is 2. The third kappa shape index (κ3) is 4.00. The van der Waals surface area contributed by atoms with Crippen molar-refractivity contribution in [2.75, 3.05) is 24.7 Å². The number of anilines is 1. The molecule has 12 heteroatoms. The Morgan fingerprint density at radius 3 is 2.69 bits per heavy atom. The summed E-state index contributed by atoms with van der Waals surface area (Å²) in [5.74, 6) is -0.572. The summed E-state index contributed by atoms with van der Waals surface area (Å²) in [4.78, 5) is 21.5. The number of rotatable bonds is 6. The average Bonchev–Trinajstić information content (AvgIpc) is 3.20. The summed E-state index contributed by atoms with van der Waals surface area (Å²) in [5.41, 5.74) is 0.758. The van der Waals surface area contributed by atoms with E-state index in [4.69, 9.17) is 9.73 Å². The van der Waals surface area contributed by atoms with E-state index in [1.54, 1.807) is 29.7 Å². The van der Waals surface area contributed by atoms with E-state index >= 15 is 4.39 Å². The number of nitrogens with zero attached hydrogens (tertiary/aromatic N) is 5. The number of benzene rings is 1. The fourth-order valence-corrected chi connectivity index (χ4v) is 6.90. The molecule has 36 heavy (non-hydrogen) atoms. The monoisotopic (exact) mass is 518 g/mol. The van der Waals surface area contributed by atoms with Crippen LogP contribution in [0.1, 0.15) is 50.0 Å². The first-order valence-electron chi connectivity index (χ1n) is 12.2. The van der Waals surface area contributed by atoms with Gasteiger partial charge in [-0.25, -0.2) is 17.5 Å². The molecule has 1 saturated carbocycles. The molecule has 2 fully saturated rings. The summed E-state index contributed by atoms with van der Waals surface area (Å²) in [5, 5.41) is 4.20. The van der Waals surface area contributed by atoms with Gasteiger partial charge < -0.3 is 9.64 Å². The second kappa shape index (κ2) is 8.35. The van der Waals surface area contributed by atoms with Crippen LogP contribution in [0.15, 0.2) is 34.4 Å². The number of guanidine groups is 1. The van der Waals surface area contributed by atoms with Crippen LogP contribution in [-0.2, 0) is 28.4 Å². The van der Waals surface area contributed by atoms with Crippen LogP contribution in [0, 0.1) is 11.7 Å². The van der Waals surface area contributed by atoms with Crippen LogP contribution in [0.2, 0.25) is 0 Å². The highest BCUT2D eigenvalue weighted by Crippen LogP contribution is 2.41. The number of carbonyl (C=O) groups is 1. The summed E-state index contributed by atoms with van der Waals surface area (Å²) in [6, 6.07) is 2.30. The molecule has 1 amide bonds. The summed E-state index contributed by atoms with van der Waals surface area (Å²) < 4.78 is 51.4. The van der Waals surface area contributed by atoms with Gasteiger partial charge in [0.15, 0.2) is 0 Å². The van der Waals surface area contributed by atoms with Gasteiger partial charge in [-0.05, 0) is 50.7 Å². The predicted molar refractivity (Wildman–Crippen MR) is 132 cm³/mol. The number of ether oxygens (including phenoxy) is 1. The number of carbonyl (C=O) groups excluding carboxylic acids is 1. The minimum Gasteiger partial charge on any atom is -0.381 e. The molecule has 4 heterocycles. The first kappa shape index (κ1) is 23.6. The van der Waals surface area contributed by atoms with Crippen molar-refractivity contribution < 1.29 is 23.8 Å². The number of aliphatic imine (C=N–C) groups is 1. The zero-order valence-corrected chi connectivity index (χ0v) is 21.1. The molecule has 4 aliphatic rings. The Morgan fingerprint density at radius 1 is 1.28 bits per heavy atom. The van der Waals surface area contributed by atoms with Gasteiger partial charge in [0.05, 0.1) is 36.6 Å². The SMILES string of the molecule is Cn1cc(CN2C(=O)c3cc(S(=O)(=O)NC4(C)CC4)c(F)cc3N3C2=NC[C@H]3C2CCOCC2)cn1.[HH]. The van der Waals surface area contributed by atoms with E-state index in [0.29, 0.717) is 44.2 Å². The van der Waals surface area contributed by atoms with E-state index in [9.17, 15) is 13.2 Å². The molecule has 10 nitrogen and oxygen atoms in total. The number of amides is 1. The predicted octanol–water partition coefficient (Wildman–Crippen LogP) is 2.26. The van der Waals surface area contributed by atoms with Crippen molar-refractivity contribution in [3.05, 3.63) is 41.5 Å². The minimum absolute atomic E-state index is 0. The lowest BCUT2D eigenvalue weighted by Gasteiger charge is -2.41. The van der Waals surface area contributed by atoms with Crippen LogP contribution in [0.5, 0.6) is 0 Å². The first-order chi connectivity index (χ1) is 17.2. The third-order valence-corrected chi connectivity index (χ3v) is 9.23. The zero-order valence-electron chi connectivity index (χ0n) is 20.3. The van der Waals surface area contributed by atoms with Crippen molar-refractivity contribution in [2.45, 2.75) is 55.6 Å². The normalized spacial score (nSPS) is 23.5. The molecule has 0 unspecified atom stereocenters. The fourth-order valence-electron chi connectivity index (χ4n) is 5.35. The van der Waals surface area contributed by atoms with E-state index in [1.165, 1.54) is 12.1 Å². The number of hydrogen-bond donors (Lipinski definition) is 1. The van der Waals surface area contributed by atoms with E-state index in [2.05, 4.69) is 9.82 Å². The second-order valence-electron chi connectivity index (χ2n) is 10.4. The van der Waals surface area contributed by atoms with Crippen molar-refractivity contribution in [1.29, 1.82) is 0 Å². The first-order valence-corrected chi connectivity index (χ1v) is 13.7. The van der Waals surface area contributed by atoms with Crippen LogP contribution < -0.4 is 9.62 Å². The Morgan fingerprint density at radius 2 is 2.03 bits per heavy atom. The molecule has 0 bridgehead atoms. The van der Waals surface area contributed by atoms with E-state index in [0.717, 1.165) is 18.4 Å². The summed E-state index contributed by atoms with van der Waals surface area (Å²) in [6.45, 7) is 3.76. The topological polar surface area (TPSA) is 109 Å². The fraction of sp³-hybridized carbons (Fsp3) is 0.542. The molecule has 194 valence electrons. The second-order valence-corrected chi connectivity index (χ2v) is 12.1. The van der Waals surface area contributed by atoms with E-state index in [-0.39, 0.29) is 25.5 Å². The molecule has 1 aromatic heterocycles. The van der Waals surface area contributed by atoms with Crippen LogP contribution >= 0.6 is 0 Å². The van der Waals surface area contributed by atoms with Crippen molar-refractivity contribution in [1.82, 2.24) is 19.4 Å². The number of hydrogen-bond acceptors (Lipinski definition) is 7. The Hall–Kier alpha value is -2.83. The van der Waals surface area contributed by atoms with Crippen LogP contribution in [0.4, 0.5) is 10.1 Å². The smallest absolute Gasteiger partial charge is 0.263 e. The van der Waals surface area contributed by atoms with Crippen LogP contribution in [-0.4, -0.2) is 66.3 Å². The number of sulfonamides is 1. The number of aryl methyl sites for hydroxylation is 1. The van der Waals surface area contributed by atoms with Crippen molar-refractivity contribution in [2.24, 2.45) is 18.0 Å². The summed E-state index contributed by atoms with van der Waals surface area (Å²) in [6.07, 6.45) is 6.56. The lowest BCUT2D eigenvalue weighted by molar-refractivity contribution is 0.0599. The van der Waals surface area contributed by atoms with Crippen LogP contribution in [0.3, 0.4) is 0 Å². The molecule has 6 rings (SSSR count). The molecule has 1 aliphatic carbocycles. The molecule has 0 spiro atoms. The summed E-state index contributed by atoms with van der Waals surface area (Å²) in [7, 11) is -2.35. The maximum atomic E-state index is 15.4. The summed E-state index contributed by atoms with van der Waals surface area (Å²) >= 11 is 0. The van der Waals surface area contributed by atoms with Crippen LogP contribution in [0.25, 0.3) is 0 Å².